The average molecular weight is 396 g/mol. The summed E-state index contributed by atoms with van der Waals surface area (Å²) in [7, 11) is 0. The molecule has 0 saturated heterocycles. The highest BCUT2D eigenvalue weighted by Gasteiger charge is 2.17. The van der Waals surface area contributed by atoms with Crippen molar-refractivity contribution in [3.63, 3.8) is 0 Å². The Bertz CT molecular complexity index is 1190. The Morgan fingerprint density at radius 1 is 0.767 bits per heavy atom. The quantitative estimate of drug-likeness (QED) is 0.444. The molecule has 5 nitrogen and oxygen atoms in total. The van der Waals surface area contributed by atoms with E-state index < -0.39 is 0 Å². The fourth-order valence-corrected chi connectivity index (χ4v) is 4.49. The molecule has 0 N–H and O–H groups in total. The number of aryl methyl sites for hydroxylation is 3. The van der Waals surface area contributed by atoms with Gasteiger partial charge in [-0.05, 0) is 61.8 Å². The number of nitrogens with zero attached hydrogens (tertiary/aromatic N) is 4. The Hall–Kier alpha value is -3.47. The molecule has 0 radical (unpaired) electrons. The van der Waals surface area contributed by atoms with E-state index in [-0.39, 0.29) is 0 Å². The predicted octanol–water partition coefficient (Wildman–Crippen LogP) is 4.53. The van der Waals surface area contributed by atoms with E-state index in [1.165, 1.54) is 35.3 Å². The number of hydrogen-bond donors (Lipinski definition) is 0. The monoisotopic (exact) mass is 396 g/mol. The molecule has 4 heterocycles. The number of carbonyl (C=O) groups is 1. The van der Waals surface area contributed by atoms with Gasteiger partial charge in [0, 0.05) is 23.3 Å². The van der Waals surface area contributed by atoms with E-state index in [9.17, 15) is 4.79 Å². The van der Waals surface area contributed by atoms with Gasteiger partial charge in [0.15, 0.2) is 6.29 Å². The number of aldehydes is 1. The highest BCUT2D eigenvalue weighted by Crippen LogP contribution is 2.25. The third-order valence-corrected chi connectivity index (χ3v) is 5.97. The first kappa shape index (κ1) is 18.6. The summed E-state index contributed by atoms with van der Waals surface area (Å²) in [5.41, 5.74) is 8.18. The Balaban J connectivity index is 0.000000130. The topological polar surface area (TPSA) is 52.7 Å². The Kier molecular flexibility index (Phi) is 5.01. The summed E-state index contributed by atoms with van der Waals surface area (Å²) < 4.78 is 4.26. The zero-order valence-electron chi connectivity index (χ0n) is 16.9. The molecule has 30 heavy (non-hydrogen) atoms. The van der Waals surface area contributed by atoms with Crippen molar-refractivity contribution in [3.8, 4) is 11.4 Å². The Morgan fingerprint density at radius 3 is 2.17 bits per heavy atom. The van der Waals surface area contributed by atoms with Gasteiger partial charge in [-0.25, -0.2) is 9.97 Å². The zero-order valence-corrected chi connectivity index (χ0v) is 16.9. The highest BCUT2D eigenvalue weighted by molar-refractivity contribution is 5.74. The smallest absolute Gasteiger partial charge is 0.170 e. The molecule has 0 unspecified atom stereocenters. The molecule has 0 amide bonds. The molecule has 6 rings (SSSR count). The van der Waals surface area contributed by atoms with E-state index in [4.69, 9.17) is 0 Å². The molecular formula is C25H24N4O. The van der Waals surface area contributed by atoms with Crippen molar-refractivity contribution < 1.29 is 4.79 Å². The van der Waals surface area contributed by atoms with Gasteiger partial charge in [0.05, 0.1) is 12.0 Å². The molecule has 5 heteroatoms. The lowest BCUT2D eigenvalue weighted by Gasteiger charge is -2.07. The first-order valence-corrected chi connectivity index (χ1v) is 10.5. The second kappa shape index (κ2) is 8.11. The molecule has 0 saturated carbocycles. The number of rotatable bonds is 1. The molecule has 0 bridgehead atoms. The van der Waals surface area contributed by atoms with Gasteiger partial charge < -0.3 is 9.13 Å². The third-order valence-electron chi connectivity index (χ3n) is 5.97. The van der Waals surface area contributed by atoms with Crippen LogP contribution in [0.15, 0.2) is 67.4 Å². The molecule has 0 aliphatic carbocycles. The summed E-state index contributed by atoms with van der Waals surface area (Å²) >= 11 is 0. The number of benzene rings is 2. The van der Waals surface area contributed by atoms with Crippen LogP contribution in [0.5, 0.6) is 0 Å². The van der Waals surface area contributed by atoms with Crippen LogP contribution in [0.3, 0.4) is 0 Å². The van der Waals surface area contributed by atoms with Crippen LogP contribution in [0, 0.1) is 0 Å². The van der Waals surface area contributed by atoms with Gasteiger partial charge in [-0.3, -0.25) is 4.79 Å². The van der Waals surface area contributed by atoms with Crippen LogP contribution in [0.25, 0.3) is 11.4 Å². The molecule has 150 valence electrons. The fourth-order valence-electron chi connectivity index (χ4n) is 4.49. The molecule has 4 aromatic rings. The van der Waals surface area contributed by atoms with Crippen molar-refractivity contribution in [3.05, 3.63) is 95.6 Å². The van der Waals surface area contributed by atoms with Crippen LogP contribution >= 0.6 is 0 Å². The van der Waals surface area contributed by atoms with Crippen molar-refractivity contribution in [2.24, 2.45) is 0 Å². The number of aromatic nitrogens is 4. The van der Waals surface area contributed by atoms with Crippen LogP contribution in [-0.2, 0) is 25.7 Å². The van der Waals surface area contributed by atoms with E-state index in [2.05, 4.69) is 57.0 Å². The van der Waals surface area contributed by atoms with Gasteiger partial charge in [0.1, 0.15) is 12.0 Å². The Labute approximate surface area is 176 Å². The maximum Gasteiger partial charge on any atom is 0.170 e. The van der Waals surface area contributed by atoms with Gasteiger partial charge in [0.25, 0.3) is 0 Å². The average Bonchev–Trinajstić information content (AvgIpc) is 3.33. The lowest BCUT2D eigenvalue weighted by molar-refractivity contribution is 0.111. The van der Waals surface area contributed by atoms with Crippen molar-refractivity contribution in [2.75, 3.05) is 0 Å². The van der Waals surface area contributed by atoms with Crippen LogP contribution in [0.2, 0.25) is 0 Å². The van der Waals surface area contributed by atoms with Crippen LogP contribution in [0.4, 0.5) is 0 Å². The summed E-state index contributed by atoms with van der Waals surface area (Å²) in [5.74, 6) is 0. The van der Waals surface area contributed by atoms with Crippen molar-refractivity contribution in [1.82, 2.24) is 19.1 Å². The first-order chi connectivity index (χ1) is 14.8. The minimum atomic E-state index is 0.580. The first-order valence-electron chi connectivity index (χ1n) is 10.5. The molecule has 0 spiro atoms. The summed E-state index contributed by atoms with van der Waals surface area (Å²) in [5, 5.41) is 0. The fraction of sp³-hybridized carbons (Fsp3) is 0.240. The van der Waals surface area contributed by atoms with Gasteiger partial charge in [-0.2, -0.15) is 0 Å². The standard InChI is InChI=1S/C13H12N2O.C12H12N2/c16-8-11-13-7-3-5-10-4-1-2-6-12(10)15(13)9-14-11;1-2-7-12-10(4-1)5-3-6-11-8-13-9-14(11)12/h1-2,4,6,8-9H,3,5,7H2;1-2,4,7-9H,3,5-6H2. The minimum Gasteiger partial charge on any atom is -0.303 e. The minimum absolute atomic E-state index is 0.580. The van der Waals surface area contributed by atoms with Crippen molar-refractivity contribution >= 4 is 6.29 Å². The molecule has 2 aromatic heterocycles. The van der Waals surface area contributed by atoms with Crippen LogP contribution in [0.1, 0.15) is 45.8 Å². The van der Waals surface area contributed by atoms with Gasteiger partial charge in [0.2, 0.25) is 0 Å². The van der Waals surface area contributed by atoms with Gasteiger partial charge in [-0.1, -0.05) is 36.4 Å². The highest BCUT2D eigenvalue weighted by atomic mass is 16.1. The van der Waals surface area contributed by atoms with E-state index in [0.717, 1.165) is 43.4 Å². The predicted molar refractivity (Wildman–Crippen MR) is 117 cm³/mol. The number of fused-ring (bicyclic) bond motifs is 6. The SMILES string of the molecule is O=Cc1ncn2c1CCCc1ccccc1-2.c1ccc2c(c1)CCCc1cncn1-2. The number of carbonyl (C=O) groups excluding carboxylic acids is 1. The van der Waals surface area contributed by atoms with E-state index in [0.29, 0.717) is 5.69 Å². The largest absolute Gasteiger partial charge is 0.303 e. The summed E-state index contributed by atoms with van der Waals surface area (Å²) in [6.07, 6.45) is 13.1. The summed E-state index contributed by atoms with van der Waals surface area (Å²) in [4.78, 5) is 19.2. The summed E-state index contributed by atoms with van der Waals surface area (Å²) in [6, 6.07) is 16.9. The number of hydrogen-bond acceptors (Lipinski definition) is 3. The molecule has 2 aliphatic rings. The molecule has 2 aromatic carbocycles. The van der Waals surface area contributed by atoms with Gasteiger partial charge >= 0.3 is 0 Å². The molecule has 0 atom stereocenters. The number of para-hydroxylation sites is 2. The van der Waals surface area contributed by atoms with E-state index >= 15 is 0 Å². The lowest BCUT2D eigenvalue weighted by Crippen LogP contribution is -1.99. The van der Waals surface area contributed by atoms with E-state index in [1.54, 1.807) is 6.33 Å². The Morgan fingerprint density at radius 2 is 1.43 bits per heavy atom. The second-order valence-corrected chi connectivity index (χ2v) is 7.78. The maximum absolute atomic E-state index is 10.9. The summed E-state index contributed by atoms with van der Waals surface area (Å²) in [6.45, 7) is 0. The van der Waals surface area contributed by atoms with Crippen molar-refractivity contribution in [2.45, 2.75) is 38.5 Å². The second-order valence-electron chi connectivity index (χ2n) is 7.78. The normalized spacial score (nSPS) is 14.0. The van der Waals surface area contributed by atoms with Crippen molar-refractivity contribution in [1.29, 1.82) is 0 Å². The van der Waals surface area contributed by atoms with Gasteiger partial charge in [-0.15, -0.1) is 0 Å². The van der Waals surface area contributed by atoms with E-state index in [1.807, 2.05) is 23.2 Å². The third kappa shape index (κ3) is 3.36. The zero-order chi connectivity index (χ0) is 20.3. The molecular weight excluding hydrogens is 372 g/mol. The molecule has 0 fully saturated rings. The van der Waals surface area contributed by atoms with Crippen LogP contribution < -0.4 is 0 Å². The lowest BCUT2D eigenvalue weighted by atomic mass is 10.1. The molecule has 2 aliphatic heterocycles. The number of imidazole rings is 2. The maximum atomic E-state index is 10.9. The van der Waals surface area contributed by atoms with Crippen LogP contribution in [-0.4, -0.2) is 25.4 Å².